The third kappa shape index (κ3) is 5.14. The molecule has 6 heteroatoms. The maximum atomic E-state index is 12.8. The van der Waals surface area contributed by atoms with Gasteiger partial charge in [0.05, 0.1) is 17.7 Å². The van der Waals surface area contributed by atoms with Gasteiger partial charge in [-0.2, -0.15) is 5.26 Å². The molecular weight excluding hydrogens is 368 g/mol. The molecule has 0 bridgehead atoms. The van der Waals surface area contributed by atoms with Crippen LogP contribution in [0, 0.1) is 23.2 Å². The number of benzene rings is 2. The lowest BCUT2D eigenvalue weighted by Gasteiger charge is -2.41. The number of carbonyl (C=O) groups is 1. The number of nitrogens with zero attached hydrogens (tertiary/aromatic N) is 2. The Hall–Kier alpha value is -2.88. The number of nitriles is 1. The zero-order valence-electron chi connectivity index (χ0n) is 16.3. The van der Waals surface area contributed by atoms with Crippen LogP contribution in [0.15, 0.2) is 54.6 Å². The first-order valence-electron chi connectivity index (χ1n) is 9.85. The molecule has 1 heterocycles. The minimum atomic E-state index is -0.383. The van der Waals surface area contributed by atoms with Crippen LogP contribution in [-0.4, -0.2) is 41.0 Å². The van der Waals surface area contributed by atoms with Gasteiger partial charge in [0.1, 0.15) is 6.61 Å². The molecule has 6 nitrogen and oxygen atoms in total. The van der Waals surface area contributed by atoms with Gasteiger partial charge in [-0.1, -0.05) is 42.5 Å². The SMILES string of the molecule is N#Cc1ccc(C2CC(C(CO)CO)CCN2C(=O)OCc2ccccc2)cc1. The number of aliphatic hydroxyl groups excluding tert-OH is 2. The second kappa shape index (κ2) is 10.1. The van der Waals surface area contributed by atoms with Gasteiger partial charge in [0.2, 0.25) is 0 Å². The Balaban J connectivity index is 1.77. The van der Waals surface area contributed by atoms with Gasteiger partial charge in [0, 0.05) is 25.7 Å². The lowest BCUT2D eigenvalue weighted by molar-refractivity contribution is 0.0264. The molecule has 29 heavy (non-hydrogen) atoms. The molecule has 0 aliphatic carbocycles. The van der Waals surface area contributed by atoms with Gasteiger partial charge in [0.25, 0.3) is 0 Å². The summed E-state index contributed by atoms with van der Waals surface area (Å²) in [7, 11) is 0. The number of rotatable bonds is 6. The molecule has 1 aliphatic heterocycles. The number of hydrogen-bond donors (Lipinski definition) is 2. The molecule has 0 radical (unpaired) electrons. The highest BCUT2D eigenvalue weighted by molar-refractivity contribution is 5.68. The van der Waals surface area contributed by atoms with Crippen LogP contribution in [0.5, 0.6) is 0 Å². The molecule has 1 saturated heterocycles. The van der Waals surface area contributed by atoms with Crippen LogP contribution in [0.1, 0.15) is 35.6 Å². The lowest BCUT2D eigenvalue weighted by atomic mass is 9.80. The number of aliphatic hydroxyl groups is 2. The van der Waals surface area contributed by atoms with E-state index in [1.165, 1.54) is 0 Å². The second-order valence-electron chi connectivity index (χ2n) is 7.39. The molecule has 2 aromatic rings. The van der Waals surface area contributed by atoms with E-state index in [1.807, 2.05) is 42.5 Å². The fourth-order valence-corrected chi connectivity index (χ4v) is 3.89. The van der Waals surface area contributed by atoms with Crippen LogP contribution < -0.4 is 0 Å². The Morgan fingerprint density at radius 1 is 1.14 bits per heavy atom. The van der Waals surface area contributed by atoms with Gasteiger partial charge in [-0.05, 0) is 42.0 Å². The van der Waals surface area contributed by atoms with Crippen molar-refractivity contribution in [2.24, 2.45) is 11.8 Å². The van der Waals surface area contributed by atoms with Gasteiger partial charge in [-0.25, -0.2) is 4.79 Å². The zero-order valence-corrected chi connectivity index (χ0v) is 16.3. The number of hydrogen-bond acceptors (Lipinski definition) is 5. The van der Waals surface area contributed by atoms with Crippen LogP contribution in [0.2, 0.25) is 0 Å². The Labute approximate surface area is 171 Å². The predicted octanol–water partition coefficient (Wildman–Crippen LogP) is 3.25. The monoisotopic (exact) mass is 394 g/mol. The van der Waals surface area contributed by atoms with Gasteiger partial charge in [-0.15, -0.1) is 0 Å². The maximum Gasteiger partial charge on any atom is 0.410 e. The highest BCUT2D eigenvalue weighted by Gasteiger charge is 2.36. The first-order valence-corrected chi connectivity index (χ1v) is 9.85. The van der Waals surface area contributed by atoms with Crippen molar-refractivity contribution >= 4 is 6.09 Å². The first-order chi connectivity index (χ1) is 14.2. The number of carbonyl (C=O) groups excluding carboxylic acids is 1. The predicted molar refractivity (Wildman–Crippen MR) is 108 cm³/mol. The lowest BCUT2D eigenvalue weighted by Crippen LogP contribution is -2.43. The fourth-order valence-electron chi connectivity index (χ4n) is 3.89. The summed E-state index contributed by atoms with van der Waals surface area (Å²) in [5, 5.41) is 28.2. The van der Waals surface area contributed by atoms with Crippen molar-refractivity contribution in [3.8, 4) is 6.07 Å². The van der Waals surface area contributed by atoms with E-state index in [1.54, 1.807) is 17.0 Å². The van der Waals surface area contributed by atoms with Crippen molar-refractivity contribution < 1.29 is 19.7 Å². The van der Waals surface area contributed by atoms with E-state index < -0.39 is 0 Å². The molecule has 2 unspecified atom stereocenters. The van der Waals surface area contributed by atoms with E-state index in [9.17, 15) is 15.0 Å². The summed E-state index contributed by atoms with van der Waals surface area (Å²) in [5.74, 6) is -0.109. The molecule has 0 aromatic heterocycles. The van der Waals surface area contributed by atoms with E-state index in [2.05, 4.69) is 6.07 Å². The quantitative estimate of drug-likeness (QED) is 0.784. The molecule has 152 valence electrons. The molecule has 2 N–H and O–H groups in total. The fraction of sp³-hybridized carbons (Fsp3) is 0.391. The van der Waals surface area contributed by atoms with Crippen LogP contribution in [-0.2, 0) is 11.3 Å². The minimum absolute atomic E-state index is 0.0836. The molecular formula is C23H26N2O4. The van der Waals surface area contributed by atoms with Crippen molar-refractivity contribution in [2.75, 3.05) is 19.8 Å². The summed E-state index contributed by atoms with van der Waals surface area (Å²) in [6, 6.07) is 18.6. The highest BCUT2D eigenvalue weighted by atomic mass is 16.6. The Morgan fingerprint density at radius 3 is 2.45 bits per heavy atom. The van der Waals surface area contributed by atoms with Crippen molar-refractivity contribution in [3.05, 3.63) is 71.3 Å². The second-order valence-corrected chi connectivity index (χ2v) is 7.39. The third-order valence-electron chi connectivity index (χ3n) is 5.64. The summed E-state index contributed by atoms with van der Waals surface area (Å²) < 4.78 is 5.55. The first kappa shape index (κ1) is 20.8. The number of likely N-dealkylation sites (tertiary alicyclic amines) is 1. The number of amides is 1. The molecule has 0 saturated carbocycles. The molecule has 3 rings (SSSR count). The van der Waals surface area contributed by atoms with Crippen molar-refractivity contribution in [1.82, 2.24) is 4.90 Å². The highest BCUT2D eigenvalue weighted by Crippen LogP contribution is 2.38. The molecule has 1 amide bonds. The molecule has 2 atom stereocenters. The number of ether oxygens (including phenoxy) is 1. The topological polar surface area (TPSA) is 93.8 Å². The van der Waals surface area contributed by atoms with E-state index in [4.69, 9.17) is 10.00 Å². The van der Waals surface area contributed by atoms with Crippen molar-refractivity contribution in [1.29, 1.82) is 5.26 Å². The van der Waals surface area contributed by atoms with E-state index in [0.717, 1.165) is 11.1 Å². The van der Waals surface area contributed by atoms with Crippen LogP contribution in [0.4, 0.5) is 4.79 Å². The van der Waals surface area contributed by atoms with Gasteiger partial charge < -0.3 is 19.8 Å². The maximum absolute atomic E-state index is 12.8. The van der Waals surface area contributed by atoms with Crippen LogP contribution in [0.3, 0.4) is 0 Å². The Bertz CT molecular complexity index is 828. The number of piperidine rings is 1. The largest absolute Gasteiger partial charge is 0.445 e. The molecule has 0 spiro atoms. The summed E-state index contributed by atoms with van der Waals surface area (Å²) in [6.45, 7) is 0.522. The Kier molecular flexibility index (Phi) is 7.23. The van der Waals surface area contributed by atoms with E-state index in [-0.39, 0.29) is 43.8 Å². The van der Waals surface area contributed by atoms with Gasteiger partial charge in [0.15, 0.2) is 0 Å². The summed E-state index contributed by atoms with van der Waals surface area (Å²) in [5.41, 5.74) is 2.40. The van der Waals surface area contributed by atoms with Crippen LogP contribution in [0.25, 0.3) is 0 Å². The van der Waals surface area contributed by atoms with Crippen molar-refractivity contribution in [3.63, 3.8) is 0 Å². The summed E-state index contributed by atoms with van der Waals surface area (Å²) >= 11 is 0. The van der Waals surface area contributed by atoms with Gasteiger partial charge in [-0.3, -0.25) is 0 Å². The van der Waals surface area contributed by atoms with Crippen LogP contribution >= 0.6 is 0 Å². The van der Waals surface area contributed by atoms with Crippen molar-refractivity contribution in [2.45, 2.75) is 25.5 Å². The average Bonchev–Trinajstić information content (AvgIpc) is 2.79. The third-order valence-corrected chi connectivity index (χ3v) is 5.64. The summed E-state index contributed by atoms with van der Waals surface area (Å²) in [6.07, 6.45) is 0.933. The standard InChI is InChI=1S/C23H26N2O4/c24-13-17-6-8-19(9-7-17)22-12-20(21(14-26)15-27)10-11-25(22)23(28)29-16-18-4-2-1-3-5-18/h1-9,20-22,26-27H,10-12,14-16H2. The summed E-state index contributed by atoms with van der Waals surface area (Å²) in [4.78, 5) is 14.6. The zero-order chi connectivity index (χ0) is 20.6. The normalized spacial score (nSPS) is 19.0. The van der Waals surface area contributed by atoms with E-state index in [0.29, 0.717) is 24.9 Å². The van der Waals surface area contributed by atoms with E-state index >= 15 is 0 Å². The average molecular weight is 394 g/mol. The smallest absolute Gasteiger partial charge is 0.410 e. The molecule has 2 aromatic carbocycles. The Morgan fingerprint density at radius 2 is 1.83 bits per heavy atom. The minimum Gasteiger partial charge on any atom is -0.445 e. The molecule has 1 aliphatic rings. The van der Waals surface area contributed by atoms with Gasteiger partial charge >= 0.3 is 6.09 Å². The molecule has 1 fully saturated rings.